The molecule has 0 bridgehead atoms. The Morgan fingerprint density at radius 2 is 1.81 bits per heavy atom. The lowest BCUT2D eigenvalue weighted by atomic mass is 9.96. The van der Waals surface area contributed by atoms with Crippen LogP contribution in [0.3, 0.4) is 0 Å². The van der Waals surface area contributed by atoms with Crippen LogP contribution in [0.2, 0.25) is 0 Å². The Balaban J connectivity index is 1.58. The highest BCUT2D eigenvalue weighted by Gasteiger charge is 2.33. The molecule has 10 heteroatoms. The number of thiazole rings is 1. The van der Waals surface area contributed by atoms with Gasteiger partial charge in [0, 0.05) is 0 Å². The predicted octanol–water partition coefficient (Wildman–Crippen LogP) is 5.00. The number of aromatic nitrogens is 1. The molecule has 1 aliphatic rings. The van der Waals surface area contributed by atoms with Gasteiger partial charge in [0.2, 0.25) is 0 Å². The summed E-state index contributed by atoms with van der Waals surface area (Å²) in [5.74, 6) is 1.37. The predicted molar refractivity (Wildman–Crippen MR) is 170 cm³/mol. The monoisotopic (exact) mass is 696 g/mol. The van der Waals surface area contributed by atoms with E-state index < -0.39 is 12.0 Å². The summed E-state index contributed by atoms with van der Waals surface area (Å²) in [6.07, 6.45) is 1.81. The molecular weight excluding hydrogens is 667 g/mol. The van der Waals surface area contributed by atoms with Gasteiger partial charge in [-0.3, -0.25) is 9.36 Å². The van der Waals surface area contributed by atoms with Gasteiger partial charge >= 0.3 is 5.97 Å². The molecule has 1 aromatic heterocycles. The molecule has 1 atom stereocenters. The molecule has 8 nitrogen and oxygen atoms in total. The molecular formula is C32H29IN2O6S. The first-order valence-corrected chi connectivity index (χ1v) is 15.1. The molecule has 0 fully saturated rings. The van der Waals surface area contributed by atoms with Crippen molar-refractivity contribution < 1.29 is 23.7 Å². The second kappa shape index (κ2) is 13.0. The number of ether oxygens (including phenoxy) is 4. The van der Waals surface area contributed by atoms with Gasteiger partial charge in [0.25, 0.3) is 5.56 Å². The van der Waals surface area contributed by atoms with Gasteiger partial charge in [-0.15, -0.1) is 0 Å². The van der Waals surface area contributed by atoms with E-state index in [0.717, 1.165) is 20.3 Å². The number of halogens is 1. The van der Waals surface area contributed by atoms with Gasteiger partial charge in [0.15, 0.2) is 16.3 Å². The molecule has 2 heterocycles. The molecule has 0 saturated carbocycles. The maximum atomic E-state index is 13.9. The molecule has 0 aliphatic carbocycles. The minimum Gasteiger partial charge on any atom is -0.497 e. The molecule has 42 heavy (non-hydrogen) atoms. The van der Waals surface area contributed by atoms with E-state index in [-0.39, 0.29) is 12.2 Å². The summed E-state index contributed by atoms with van der Waals surface area (Å²) < 4.78 is 25.3. The lowest BCUT2D eigenvalue weighted by molar-refractivity contribution is -0.139. The molecule has 216 valence electrons. The summed E-state index contributed by atoms with van der Waals surface area (Å²) in [6.45, 7) is 4.12. The van der Waals surface area contributed by atoms with Crippen LogP contribution in [0.15, 0.2) is 87.8 Å². The lowest BCUT2D eigenvalue weighted by Gasteiger charge is -2.24. The van der Waals surface area contributed by atoms with Crippen LogP contribution < -0.4 is 29.1 Å². The highest BCUT2D eigenvalue weighted by molar-refractivity contribution is 14.1. The number of benzene rings is 3. The number of nitrogens with zero attached hydrogens (tertiary/aromatic N) is 2. The SMILES string of the molecule is CCOC(=O)C1=C(C)N=c2s/c(=C/c3cc(I)c(OCc4ccccc4)c(OC)c3)c(=O)n2C1c1ccc(OC)cc1. The Bertz CT molecular complexity index is 1830. The fraction of sp³-hybridized carbons (Fsp3) is 0.219. The van der Waals surface area contributed by atoms with Crippen LogP contribution in [0.4, 0.5) is 0 Å². The zero-order valence-corrected chi connectivity index (χ0v) is 26.5. The van der Waals surface area contributed by atoms with Gasteiger partial charge in [-0.1, -0.05) is 53.8 Å². The number of rotatable bonds is 9. The smallest absolute Gasteiger partial charge is 0.338 e. The van der Waals surface area contributed by atoms with E-state index in [9.17, 15) is 9.59 Å². The summed E-state index contributed by atoms with van der Waals surface area (Å²) in [5.41, 5.74) is 3.15. The van der Waals surface area contributed by atoms with E-state index >= 15 is 0 Å². The van der Waals surface area contributed by atoms with Crippen molar-refractivity contribution in [2.45, 2.75) is 26.5 Å². The molecule has 3 aromatic carbocycles. The zero-order chi connectivity index (χ0) is 29.8. The van der Waals surface area contributed by atoms with Crippen LogP contribution >= 0.6 is 33.9 Å². The molecule has 0 saturated heterocycles. The Morgan fingerprint density at radius 3 is 2.48 bits per heavy atom. The molecule has 0 amide bonds. The lowest BCUT2D eigenvalue weighted by Crippen LogP contribution is -2.39. The minimum atomic E-state index is -0.697. The van der Waals surface area contributed by atoms with E-state index in [1.165, 1.54) is 11.3 Å². The van der Waals surface area contributed by atoms with Crippen LogP contribution in [-0.4, -0.2) is 31.4 Å². The van der Waals surface area contributed by atoms with E-state index in [1.807, 2.05) is 60.7 Å². The van der Waals surface area contributed by atoms with Gasteiger partial charge < -0.3 is 18.9 Å². The van der Waals surface area contributed by atoms with Gasteiger partial charge in [0.1, 0.15) is 12.4 Å². The summed E-state index contributed by atoms with van der Waals surface area (Å²) in [6, 6.07) is 20.3. The van der Waals surface area contributed by atoms with Crippen molar-refractivity contribution in [2.24, 2.45) is 4.99 Å². The third kappa shape index (κ3) is 6.00. The van der Waals surface area contributed by atoms with Crippen molar-refractivity contribution in [3.05, 3.63) is 118 Å². The fourth-order valence-corrected chi connectivity index (χ4v) is 6.57. The first-order valence-electron chi connectivity index (χ1n) is 13.2. The van der Waals surface area contributed by atoms with Gasteiger partial charge in [-0.25, -0.2) is 9.79 Å². The average Bonchev–Trinajstić information content (AvgIpc) is 3.30. The zero-order valence-electron chi connectivity index (χ0n) is 23.5. The number of hydrogen-bond donors (Lipinski definition) is 0. The van der Waals surface area contributed by atoms with Crippen molar-refractivity contribution in [1.29, 1.82) is 0 Å². The van der Waals surface area contributed by atoms with Crippen molar-refractivity contribution in [1.82, 2.24) is 4.57 Å². The van der Waals surface area contributed by atoms with Crippen molar-refractivity contribution in [2.75, 3.05) is 20.8 Å². The fourth-order valence-electron chi connectivity index (χ4n) is 4.74. The third-order valence-electron chi connectivity index (χ3n) is 6.72. The Labute approximate surface area is 260 Å². The number of carbonyl (C=O) groups excluding carboxylic acids is 1. The molecule has 0 N–H and O–H groups in total. The Morgan fingerprint density at radius 1 is 1.07 bits per heavy atom. The molecule has 1 unspecified atom stereocenters. The molecule has 5 rings (SSSR count). The molecule has 1 aliphatic heterocycles. The van der Waals surface area contributed by atoms with Gasteiger partial charge in [0.05, 0.1) is 46.2 Å². The number of allylic oxidation sites excluding steroid dienone is 1. The normalized spacial score (nSPS) is 14.7. The second-order valence-electron chi connectivity index (χ2n) is 9.38. The van der Waals surface area contributed by atoms with Crippen LogP contribution in [0.1, 0.15) is 36.6 Å². The largest absolute Gasteiger partial charge is 0.497 e. The van der Waals surface area contributed by atoms with Crippen molar-refractivity contribution in [3.63, 3.8) is 0 Å². The summed E-state index contributed by atoms with van der Waals surface area (Å²) in [4.78, 5) is 32.2. The first kappa shape index (κ1) is 29.6. The minimum absolute atomic E-state index is 0.209. The number of carbonyl (C=O) groups is 1. The van der Waals surface area contributed by atoms with E-state index in [0.29, 0.717) is 44.5 Å². The third-order valence-corrected chi connectivity index (χ3v) is 8.51. The molecule has 4 aromatic rings. The average molecular weight is 697 g/mol. The summed E-state index contributed by atoms with van der Waals surface area (Å²) >= 11 is 3.48. The van der Waals surface area contributed by atoms with E-state index in [4.69, 9.17) is 18.9 Å². The Hall–Kier alpha value is -3.90. The maximum absolute atomic E-state index is 13.9. The van der Waals surface area contributed by atoms with Crippen LogP contribution in [0.25, 0.3) is 6.08 Å². The standard InChI is InChI=1S/C32H29IN2O6S/c1-5-40-31(37)27-19(2)34-32-35(28(27)22-11-13-23(38-3)14-12-22)30(36)26(42-32)17-21-15-24(33)29(25(16-21)39-4)41-18-20-9-7-6-8-10-20/h6-17,28H,5,18H2,1-4H3/b26-17+. The van der Waals surface area contributed by atoms with Gasteiger partial charge in [-0.2, -0.15) is 0 Å². The van der Waals surface area contributed by atoms with Gasteiger partial charge in [-0.05, 0) is 83.5 Å². The summed E-state index contributed by atoms with van der Waals surface area (Å²) in [7, 11) is 3.18. The van der Waals surface area contributed by atoms with Crippen LogP contribution in [0, 0.1) is 3.57 Å². The number of hydrogen-bond acceptors (Lipinski definition) is 8. The van der Waals surface area contributed by atoms with Crippen LogP contribution in [0.5, 0.6) is 17.2 Å². The molecule has 0 radical (unpaired) electrons. The Kier molecular flexibility index (Phi) is 9.12. The topological polar surface area (TPSA) is 88.4 Å². The summed E-state index contributed by atoms with van der Waals surface area (Å²) in [5, 5.41) is 0. The van der Waals surface area contributed by atoms with Crippen molar-refractivity contribution in [3.8, 4) is 17.2 Å². The highest BCUT2D eigenvalue weighted by atomic mass is 127. The number of fused-ring (bicyclic) bond motifs is 1. The number of esters is 1. The quantitative estimate of drug-likeness (QED) is 0.181. The van der Waals surface area contributed by atoms with Crippen LogP contribution in [-0.2, 0) is 16.1 Å². The van der Waals surface area contributed by atoms with Crippen molar-refractivity contribution >= 4 is 46.0 Å². The molecule has 0 spiro atoms. The van der Waals surface area contributed by atoms with E-state index in [2.05, 4.69) is 27.6 Å². The first-order chi connectivity index (χ1) is 20.3. The second-order valence-corrected chi connectivity index (χ2v) is 11.6. The maximum Gasteiger partial charge on any atom is 0.338 e. The van der Waals surface area contributed by atoms with E-state index in [1.54, 1.807) is 44.8 Å². The number of methoxy groups -OCH3 is 2. The highest BCUT2D eigenvalue weighted by Crippen LogP contribution is 2.35.